The fourth-order valence-electron chi connectivity index (χ4n) is 1.80. The van der Waals surface area contributed by atoms with E-state index in [1.54, 1.807) is 0 Å². The number of carboxylic acid groups (broad SMARTS) is 1. The first-order chi connectivity index (χ1) is 10.7. The van der Waals surface area contributed by atoms with Gasteiger partial charge in [0, 0.05) is 11.3 Å². The number of carbonyl (C=O) groups excluding carboxylic acids is 1. The van der Waals surface area contributed by atoms with Crippen LogP contribution in [0.2, 0.25) is 0 Å². The number of carbonyl (C=O) groups is 2. The average molecular weight is 325 g/mol. The molecule has 0 aliphatic heterocycles. The maximum absolute atomic E-state index is 12.4. The third kappa shape index (κ3) is 3.79. The van der Waals surface area contributed by atoms with Crippen LogP contribution < -0.4 is 5.32 Å². The molecule has 0 saturated heterocycles. The first-order valence-corrected chi connectivity index (χ1v) is 6.23. The van der Waals surface area contributed by atoms with Crippen molar-refractivity contribution in [1.29, 1.82) is 0 Å². The topological polar surface area (TPSA) is 86.6 Å². The van der Waals surface area contributed by atoms with Gasteiger partial charge in [0.25, 0.3) is 5.91 Å². The Labute approximate surface area is 128 Å². The smallest absolute Gasteiger partial charge is 0.416 e. The molecule has 0 unspecified atom stereocenters. The van der Waals surface area contributed by atoms with Crippen LogP contribution in [0.25, 0.3) is 0 Å². The third-order valence-electron chi connectivity index (χ3n) is 2.96. The summed E-state index contributed by atoms with van der Waals surface area (Å²) in [6.07, 6.45) is -4.50. The van der Waals surface area contributed by atoms with Crippen molar-refractivity contribution < 1.29 is 33.0 Å². The lowest BCUT2D eigenvalue weighted by Crippen LogP contribution is -2.13. The van der Waals surface area contributed by atoms with Gasteiger partial charge in [-0.05, 0) is 42.5 Å². The van der Waals surface area contributed by atoms with E-state index >= 15 is 0 Å². The summed E-state index contributed by atoms with van der Waals surface area (Å²) in [6, 6.07) is 6.96. The number of alkyl halides is 3. The molecule has 0 fully saturated rings. The third-order valence-corrected chi connectivity index (χ3v) is 2.96. The van der Waals surface area contributed by atoms with Gasteiger partial charge in [0.15, 0.2) is 0 Å². The number of amides is 1. The van der Waals surface area contributed by atoms with Crippen LogP contribution in [-0.4, -0.2) is 22.1 Å². The normalized spacial score (nSPS) is 11.1. The van der Waals surface area contributed by atoms with E-state index in [0.717, 1.165) is 36.4 Å². The van der Waals surface area contributed by atoms with E-state index in [1.165, 1.54) is 6.07 Å². The molecule has 5 nitrogen and oxygen atoms in total. The molecule has 0 bridgehead atoms. The summed E-state index contributed by atoms with van der Waals surface area (Å²) in [7, 11) is 0. The molecule has 0 heterocycles. The van der Waals surface area contributed by atoms with Crippen LogP contribution >= 0.6 is 0 Å². The van der Waals surface area contributed by atoms with E-state index in [-0.39, 0.29) is 11.3 Å². The minimum atomic E-state index is -4.50. The second kappa shape index (κ2) is 5.99. The molecule has 0 aliphatic rings. The summed E-state index contributed by atoms with van der Waals surface area (Å²) < 4.78 is 37.3. The molecule has 8 heteroatoms. The second-order valence-corrected chi connectivity index (χ2v) is 4.57. The average Bonchev–Trinajstić information content (AvgIpc) is 2.48. The Kier molecular flexibility index (Phi) is 4.26. The van der Waals surface area contributed by atoms with Gasteiger partial charge in [0.1, 0.15) is 11.3 Å². The number of aromatic hydroxyl groups is 1. The van der Waals surface area contributed by atoms with Gasteiger partial charge < -0.3 is 15.5 Å². The van der Waals surface area contributed by atoms with Crippen molar-refractivity contribution in [2.24, 2.45) is 0 Å². The molecule has 2 rings (SSSR count). The van der Waals surface area contributed by atoms with Crippen LogP contribution in [0.1, 0.15) is 26.3 Å². The monoisotopic (exact) mass is 325 g/mol. The van der Waals surface area contributed by atoms with Gasteiger partial charge in [-0.15, -0.1) is 0 Å². The lowest BCUT2D eigenvalue weighted by atomic mass is 10.1. The largest absolute Gasteiger partial charge is 0.507 e. The van der Waals surface area contributed by atoms with Crippen molar-refractivity contribution >= 4 is 17.6 Å². The van der Waals surface area contributed by atoms with Gasteiger partial charge in [-0.2, -0.15) is 13.2 Å². The Morgan fingerprint density at radius 3 is 2.13 bits per heavy atom. The summed E-state index contributed by atoms with van der Waals surface area (Å²) in [5.74, 6) is -2.56. The minimum Gasteiger partial charge on any atom is -0.507 e. The standard InChI is InChI=1S/C15H10F3NO4/c16-15(17,18)9-3-1-8(2-4-9)13(21)19-10-5-6-12(20)11(7-10)14(22)23/h1-7,20H,(H,19,21)(H,22,23). The highest BCUT2D eigenvalue weighted by atomic mass is 19.4. The number of anilines is 1. The van der Waals surface area contributed by atoms with Gasteiger partial charge >= 0.3 is 12.1 Å². The summed E-state index contributed by atoms with van der Waals surface area (Å²) in [4.78, 5) is 22.8. The van der Waals surface area contributed by atoms with E-state index in [9.17, 15) is 27.9 Å². The maximum atomic E-state index is 12.4. The minimum absolute atomic E-state index is 0.0250. The number of phenols is 1. The fourth-order valence-corrected chi connectivity index (χ4v) is 1.80. The second-order valence-electron chi connectivity index (χ2n) is 4.57. The summed E-state index contributed by atoms with van der Waals surface area (Å²) in [5.41, 5.74) is -1.23. The van der Waals surface area contributed by atoms with E-state index in [1.807, 2.05) is 0 Å². The highest BCUT2D eigenvalue weighted by molar-refractivity contribution is 6.05. The van der Waals surface area contributed by atoms with Gasteiger partial charge in [0.2, 0.25) is 0 Å². The molecule has 120 valence electrons. The van der Waals surface area contributed by atoms with Crippen molar-refractivity contribution in [2.45, 2.75) is 6.18 Å². The molecule has 2 aromatic carbocycles. The molecule has 0 spiro atoms. The Balaban J connectivity index is 2.19. The molecular weight excluding hydrogens is 315 g/mol. The summed E-state index contributed by atoms with van der Waals surface area (Å²) >= 11 is 0. The van der Waals surface area contributed by atoms with Gasteiger partial charge in [-0.1, -0.05) is 0 Å². The van der Waals surface area contributed by atoms with Crippen LogP contribution in [0.3, 0.4) is 0 Å². The molecule has 1 amide bonds. The zero-order chi connectivity index (χ0) is 17.2. The van der Waals surface area contributed by atoms with Crippen molar-refractivity contribution in [3.63, 3.8) is 0 Å². The lowest BCUT2D eigenvalue weighted by molar-refractivity contribution is -0.137. The number of hydrogen-bond acceptors (Lipinski definition) is 3. The first kappa shape index (κ1) is 16.3. The predicted octanol–water partition coefficient (Wildman–Crippen LogP) is 3.36. The summed E-state index contributed by atoms with van der Waals surface area (Å²) in [5, 5.41) is 20.6. The number of benzene rings is 2. The zero-order valence-electron chi connectivity index (χ0n) is 11.4. The number of rotatable bonds is 3. The molecule has 0 radical (unpaired) electrons. The van der Waals surface area contributed by atoms with Crippen LogP contribution in [0, 0.1) is 0 Å². The van der Waals surface area contributed by atoms with Crippen molar-refractivity contribution in [1.82, 2.24) is 0 Å². The first-order valence-electron chi connectivity index (χ1n) is 6.23. The maximum Gasteiger partial charge on any atom is 0.416 e. The molecule has 0 atom stereocenters. The van der Waals surface area contributed by atoms with Gasteiger partial charge in [-0.25, -0.2) is 4.79 Å². The van der Waals surface area contributed by atoms with Crippen molar-refractivity contribution in [3.8, 4) is 5.75 Å². The SMILES string of the molecule is O=C(Nc1ccc(O)c(C(=O)O)c1)c1ccc(C(F)(F)F)cc1. The number of aromatic carboxylic acids is 1. The highest BCUT2D eigenvalue weighted by Gasteiger charge is 2.30. The van der Waals surface area contributed by atoms with Gasteiger partial charge in [0.05, 0.1) is 5.56 Å². The highest BCUT2D eigenvalue weighted by Crippen LogP contribution is 2.29. The number of nitrogens with one attached hydrogen (secondary N) is 1. The molecule has 0 aliphatic carbocycles. The molecular formula is C15H10F3NO4. The Hall–Kier alpha value is -3.03. The predicted molar refractivity (Wildman–Crippen MR) is 74.5 cm³/mol. The van der Waals surface area contributed by atoms with Crippen LogP contribution in [0.5, 0.6) is 5.75 Å². The molecule has 2 aromatic rings. The van der Waals surface area contributed by atoms with E-state index in [0.29, 0.717) is 0 Å². The fraction of sp³-hybridized carbons (Fsp3) is 0.0667. The van der Waals surface area contributed by atoms with Crippen molar-refractivity contribution in [3.05, 3.63) is 59.2 Å². The Morgan fingerprint density at radius 1 is 1.00 bits per heavy atom. The van der Waals surface area contributed by atoms with E-state index in [4.69, 9.17) is 5.11 Å². The quantitative estimate of drug-likeness (QED) is 0.755. The van der Waals surface area contributed by atoms with Crippen LogP contribution in [0.15, 0.2) is 42.5 Å². The molecule has 3 N–H and O–H groups in total. The van der Waals surface area contributed by atoms with Crippen LogP contribution in [0.4, 0.5) is 18.9 Å². The summed E-state index contributed by atoms with van der Waals surface area (Å²) in [6.45, 7) is 0. The zero-order valence-corrected chi connectivity index (χ0v) is 11.4. The van der Waals surface area contributed by atoms with Crippen LogP contribution in [-0.2, 0) is 6.18 Å². The Morgan fingerprint density at radius 2 is 1.61 bits per heavy atom. The molecule has 23 heavy (non-hydrogen) atoms. The van der Waals surface area contributed by atoms with E-state index in [2.05, 4.69) is 5.32 Å². The van der Waals surface area contributed by atoms with Crippen molar-refractivity contribution in [2.75, 3.05) is 5.32 Å². The Bertz CT molecular complexity index is 754. The molecule has 0 saturated carbocycles. The van der Waals surface area contributed by atoms with E-state index < -0.39 is 34.9 Å². The number of hydrogen-bond donors (Lipinski definition) is 3. The number of halogens is 3. The lowest BCUT2D eigenvalue weighted by Gasteiger charge is -2.09. The molecule has 0 aromatic heterocycles. The number of carboxylic acids is 1. The van der Waals surface area contributed by atoms with Gasteiger partial charge in [-0.3, -0.25) is 4.79 Å².